The van der Waals surface area contributed by atoms with Crippen molar-refractivity contribution in [3.8, 4) is 6.07 Å². The first kappa shape index (κ1) is 11.3. The minimum atomic E-state index is -4.15. The van der Waals surface area contributed by atoms with Gasteiger partial charge in [0.25, 0.3) is 0 Å². The van der Waals surface area contributed by atoms with Crippen LogP contribution in [0.15, 0.2) is 0 Å². The summed E-state index contributed by atoms with van der Waals surface area (Å²) in [6.45, 7) is -0.949. The zero-order valence-corrected chi connectivity index (χ0v) is 7.77. The smallest absolute Gasteiger partial charge is 0.306 e. The molecule has 0 aromatic rings. The number of nitrogens with one attached hydrogen (secondary N) is 1. The molecule has 0 saturated heterocycles. The maximum Gasteiger partial charge on any atom is 0.401 e. The fourth-order valence-electron chi connectivity index (χ4n) is 1.75. The summed E-state index contributed by atoms with van der Waals surface area (Å²) in [5.74, 6) is -0.0746. The molecule has 0 amide bonds. The molecular weight excluding hydrogens is 193 g/mol. The van der Waals surface area contributed by atoms with E-state index in [-0.39, 0.29) is 12.0 Å². The van der Waals surface area contributed by atoms with Gasteiger partial charge >= 0.3 is 6.18 Å². The predicted molar refractivity (Wildman–Crippen MR) is 45.4 cm³/mol. The molecule has 1 saturated carbocycles. The summed E-state index contributed by atoms with van der Waals surface area (Å²) >= 11 is 0. The van der Waals surface area contributed by atoms with Crippen LogP contribution in [-0.4, -0.2) is 18.8 Å². The van der Waals surface area contributed by atoms with E-state index < -0.39 is 12.7 Å². The monoisotopic (exact) mass is 206 g/mol. The summed E-state index contributed by atoms with van der Waals surface area (Å²) in [4.78, 5) is 0. The summed E-state index contributed by atoms with van der Waals surface area (Å²) in [5.41, 5.74) is 0. The molecule has 0 aliphatic heterocycles. The standard InChI is InChI=1S/C9H13F3N2/c10-9(11,12)6-14-8-3-1-2-7(4-8)5-13/h7-8,14H,1-4,6H2. The summed E-state index contributed by atoms with van der Waals surface area (Å²) in [6.07, 6.45) is -1.20. The van der Waals surface area contributed by atoms with Gasteiger partial charge in [-0.25, -0.2) is 0 Å². The first-order valence-corrected chi connectivity index (χ1v) is 4.71. The quantitative estimate of drug-likeness (QED) is 0.752. The van der Waals surface area contributed by atoms with E-state index in [0.29, 0.717) is 6.42 Å². The highest BCUT2D eigenvalue weighted by atomic mass is 19.4. The maximum atomic E-state index is 11.9. The fraction of sp³-hybridized carbons (Fsp3) is 0.889. The molecular formula is C9H13F3N2. The first-order valence-electron chi connectivity index (χ1n) is 4.71. The Bertz CT molecular complexity index is 219. The third-order valence-corrected chi connectivity index (χ3v) is 2.45. The minimum Gasteiger partial charge on any atom is -0.306 e. The highest BCUT2D eigenvalue weighted by Crippen LogP contribution is 2.24. The van der Waals surface area contributed by atoms with Crippen LogP contribution in [0.2, 0.25) is 0 Å². The molecule has 2 atom stereocenters. The van der Waals surface area contributed by atoms with Crippen molar-refractivity contribution in [2.75, 3.05) is 6.54 Å². The van der Waals surface area contributed by atoms with Crippen LogP contribution in [0, 0.1) is 17.2 Å². The minimum absolute atomic E-state index is 0.0746. The molecule has 0 radical (unpaired) electrons. The number of hydrogen-bond donors (Lipinski definition) is 1. The van der Waals surface area contributed by atoms with Gasteiger partial charge in [-0.15, -0.1) is 0 Å². The van der Waals surface area contributed by atoms with Crippen LogP contribution >= 0.6 is 0 Å². The lowest BCUT2D eigenvalue weighted by Gasteiger charge is -2.26. The lowest BCUT2D eigenvalue weighted by Crippen LogP contribution is -2.39. The van der Waals surface area contributed by atoms with Gasteiger partial charge in [-0.2, -0.15) is 18.4 Å². The SMILES string of the molecule is N#CC1CCCC(NCC(F)(F)F)C1. The Balaban J connectivity index is 2.28. The second kappa shape index (κ2) is 4.65. The molecule has 5 heteroatoms. The van der Waals surface area contributed by atoms with E-state index in [1.54, 1.807) is 0 Å². The van der Waals surface area contributed by atoms with Crippen molar-refractivity contribution in [1.29, 1.82) is 5.26 Å². The molecule has 1 rings (SSSR count). The van der Waals surface area contributed by atoms with Gasteiger partial charge in [0.1, 0.15) is 0 Å². The second-order valence-corrected chi connectivity index (χ2v) is 3.69. The molecule has 0 bridgehead atoms. The van der Waals surface area contributed by atoms with Crippen molar-refractivity contribution in [2.24, 2.45) is 5.92 Å². The third kappa shape index (κ3) is 3.97. The molecule has 14 heavy (non-hydrogen) atoms. The molecule has 2 nitrogen and oxygen atoms in total. The second-order valence-electron chi connectivity index (χ2n) is 3.69. The zero-order chi connectivity index (χ0) is 10.6. The number of halogens is 3. The van der Waals surface area contributed by atoms with Crippen LogP contribution in [0.3, 0.4) is 0 Å². The van der Waals surface area contributed by atoms with E-state index in [2.05, 4.69) is 11.4 Å². The molecule has 1 aliphatic rings. The largest absolute Gasteiger partial charge is 0.401 e. The van der Waals surface area contributed by atoms with Gasteiger partial charge < -0.3 is 5.32 Å². The van der Waals surface area contributed by atoms with Crippen LogP contribution in [0.5, 0.6) is 0 Å². The lowest BCUT2D eigenvalue weighted by molar-refractivity contribution is -0.126. The summed E-state index contributed by atoms with van der Waals surface area (Å²) in [6, 6.07) is 1.97. The van der Waals surface area contributed by atoms with Crippen LogP contribution in [0.1, 0.15) is 25.7 Å². The van der Waals surface area contributed by atoms with Crippen LogP contribution < -0.4 is 5.32 Å². The van der Waals surface area contributed by atoms with Crippen molar-refractivity contribution in [1.82, 2.24) is 5.32 Å². The van der Waals surface area contributed by atoms with Crippen LogP contribution in [0.4, 0.5) is 13.2 Å². The number of nitriles is 1. The van der Waals surface area contributed by atoms with E-state index in [4.69, 9.17) is 5.26 Å². The average Bonchev–Trinajstić information content (AvgIpc) is 2.14. The molecule has 0 aromatic carbocycles. The topological polar surface area (TPSA) is 35.8 Å². The highest BCUT2D eigenvalue weighted by molar-refractivity contribution is 4.90. The Labute approximate surface area is 81.1 Å². The Morgan fingerprint density at radius 3 is 2.64 bits per heavy atom. The summed E-state index contributed by atoms with van der Waals surface area (Å²) in [7, 11) is 0. The zero-order valence-electron chi connectivity index (χ0n) is 7.77. The fourth-order valence-corrected chi connectivity index (χ4v) is 1.75. The molecule has 1 fully saturated rings. The van der Waals surface area contributed by atoms with Crippen LogP contribution in [0.25, 0.3) is 0 Å². The number of rotatable bonds is 2. The molecule has 1 aliphatic carbocycles. The van der Waals surface area contributed by atoms with E-state index in [0.717, 1.165) is 19.3 Å². The van der Waals surface area contributed by atoms with E-state index >= 15 is 0 Å². The van der Waals surface area contributed by atoms with Crippen molar-refractivity contribution in [2.45, 2.75) is 37.9 Å². The van der Waals surface area contributed by atoms with E-state index in [1.807, 2.05) is 0 Å². The van der Waals surface area contributed by atoms with Crippen molar-refractivity contribution < 1.29 is 13.2 Å². The molecule has 0 heterocycles. The average molecular weight is 206 g/mol. The Morgan fingerprint density at radius 2 is 2.07 bits per heavy atom. The summed E-state index contributed by atoms with van der Waals surface area (Å²) in [5, 5.41) is 11.1. The predicted octanol–water partition coefficient (Wildman–Crippen LogP) is 2.22. The van der Waals surface area contributed by atoms with Crippen molar-refractivity contribution in [3.63, 3.8) is 0 Å². The van der Waals surface area contributed by atoms with Gasteiger partial charge in [0.05, 0.1) is 12.6 Å². The number of hydrogen-bond acceptors (Lipinski definition) is 2. The Morgan fingerprint density at radius 1 is 1.36 bits per heavy atom. The third-order valence-electron chi connectivity index (χ3n) is 2.45. The maximum absolute atomic E-state index is 11.9. The molecule has 2 unspecified atom stereocenters. The first-order chi connectivity index (χ1) is 6.51. The van der Waals surface area contributed by atoms with Gasteiger partial charge in [-0.05, 0) is 19.3 Å². The van der Waals surface area contributed by atoms with Crippen LogP contribution in [-0.2, 0) is 0 Å². The van der Waals surface area contributed by atoms with Crippen molar-refractivity contribution in [3.05, 3.63) is 0 Å². The van der Waals surface area contributed by atoms with Crippen molar-refractivity contribution >= 4 is 0 Å². The van der Waals surface area contributed by atoms with E-state index in [9.17, 15) is 13.2 Å². The van der Waals surface area contributed by atoms with Gasteiger partial charge in [-0.1, -0.05) is 6.42 Å². The number of nitrogens with zero attached hydrogens (tertiary/aromatic N) is 1. The Kier molecular flexibility index (Phi) is 3.76. The summed E-state index contributed by atoms with van der Waals surface area (Å²) < 4.78 is 35.6. The van der Waals surface area contributed by atoms with E-state index in [1.165, 1.54) is 0 Å². The molecule has 80 valence electrons. The molecule has 0 spiro atoms. The number of alkyl halides is 3. The molecule has 0 aromatic heterocycles. The van der Waals surface area contributed by atoms with Gasteiger partial charge in [0, 0.05) is 12.0 Å². The van der Waals surface area contributed by atoms with Gasteiger partial charge in [-0.3, -0.25) is 0 Å². The normalized spacial score (nSPS) is 28.4. The van der Waals surface area contributed by atoms with Gasteiger partial charge in [0.2, 0.25) is 0 Å². The molecule has 1 N–H and O–H groups in total. The van der Waals surface area contributed by atoms with Gasteiger partial charge in [0.15, 0.2) is 0 Å². The highest BCUT2D eigenvalue weighted by Gasteiger charge is 2.29. The lowest BCUT2D eigenvalue weighted by atomic mass is 9.87. The Hall–Kier alpha value is -0.760.